The summed E-state index contributed by atoms with van der Waals surface area (Å²) < 4.78 is 6.54. The van der Waals surface area contributed by atoms with Crippen LogP contribution in [0.4, 0.5) is 0 Å². The van der Waals surface area contributed by atoms with Crippen molar-refractivity contribution in [3.63, 3.8) is 0 Å². The van der Waals surface area contributed by atoms with Gasteiger partial charge in [0.25, 0.3) is 0 Å². The van der Waals surface area contributed by atoms with Crippen molar-refractivity contribution in [1.29, 1.82) is 0 Å². The third kappa shape index (κ3) is 20.0. The lowest BCUT2D eigenvalue weighted by molar-refractivity contribution is -0.421. The van der Waals surface area contributed by atoms with Gasteiger partial charge in [0.15, 0.2) is 0 Å². The fourth-order valence-electron chi connectivity index (χ4n) is 8.78. The first-order valence-electron chi connectivity index (χ1n) is 24.0. The number of rotatable bonds is 23. The standard InChI is InChI=1S/C38H68N10O5.C9H17N2O.6ClH/c1-9-34(49)20-43-16-18-47(32(43)5)26-38(27-48-19-17-45(33(48)6)24-36(51)22-42-13-11-40(8)30(42)3)53-28-37(52)25-46-15-14-44(31(46)4)23-35(50)21-41-12-10-39(7)29(41)2;1-4-9(12)7-11-6-5-10(3)8(11)2;;;;;;/h10-19,29-38,49-52H,9,20-28H2,1-8H3;5-6,8-9H,4,7H2,1-3H3;6*1H/q;-1;;;;;;/p-6. The molecule has 6 aliphatic heterocycles. The molecule has 6 aliphatic rings. The van der Waals surface area contributed by atoms with E-state index in [1.54, 1.807) is 0 Å². The molecular formula is C47H85Cl6N12O6-7. The number of halogens is 6. The molecule has 0 amide bonds. The predicted molar refractivity (Wildman–Crippen MR) is 253 cm³/mol. The summed E-state index contributed by atoms with van der Waals surface area (Å²) in [6.45, 7) is 21.7. The van der Waals surface area contributed by atoms with Crippen LogP contribution in [0.3, 0.4) is 0 Å². The van der Waals surface area contributed by atoms with E-state index in [1.165, 1.54) is 0 Å². The highest BCUT2D eigenvalue weighted by Gasteiger charge is 2.33. The van der Waals surface area contributed by atoms with E-state index in [9.17, 15) is 25.5 Å². The van der Waals surface area contributed by atoms with E-state index in [0.29, 0.717) is 77.9 Å². The van der Waals surface area contributed by atoms with Crippen LogP contribution in [0, 0.1) is 0 Å². The number of hydrogen-bond donors (Lipinski definition) is 4. The Balaban J connectivity index is 0. The van der Waals surface area contributed by atoms with Gasteiger partial charge in [-0.3, -0.25) is 0 Å². The van der Waals surface area contributed by atoms with Crippen LogP contribution in [-0.2, 0) is 4.74 Å². The summed E-state index contributed by atoms with van der Waals surface area (Å²) in [5.41, 5.74) is 0. The highest BCUT2D eigenvalue weighted by molar-refractivity contribution is 5.03. The van der Waals surface area contributed by atoms with Gasteiger partial charge in [0.05, 0.1) is 74.1 Å². The van der Waals surface area contributed by atoms with E-state index >= 15 is 0 Å². The van der Waals surface area contributed by atoms with Crippen LogP contribution in [0.5, 0.6) is 0 Å². The number of ether oxygens (including phenoxy) is 1. The normalized spacial score (nSPS) is 25.4. The van der Waals surface area contributed by atoms with Crippen LogP contribution in [0.25, 0.3) is 0 Å². The third-order valence-electron chi connectivity index (χ3n) is 14.1. The second-order valence-corrected chi connectivity index (χ2v) is 18.9. The smallest absolute Gasteiger partial charge is 0.0980 e. The van der Waals surface area contributed by atoms with Crippen LogP contribution < -0.4 is 79.5 Å². The van der Waals surface area contributed by atoms with Crippen molar-refractivity contribution in [2.24, 2.45) is 0 Å². The predicted octanol–water partition coefficient (Wildman–Crippen LogP) is -17.1. The third-order valence-corrected chi connectivity index (χ3v) is 14.1. The van der Waals surface area contributed by atoms with Gasteiger partial charge >= 0.3 is 0 Å². The zero-order chi connectivity index (χ0) is 47.5. The molecule has 418 valence electrons. The first-order valence-corrected chi connectivity index (χ1v) is 24.0. The Bertz CT molecular complexity index is 1650. The van der Waals surface area contributed by atoms with Crippen molar-refractivity contribution < 1.29 is 105 Å². The summed E-state index contributed by atoms with van der Waals surface area (Å²) in [6.07, 6.45) is 23.8. The molecular weight excluding hydrogens is 1040 g/mol. The minimum atomic E-state index is -0.720. The zero-order valence-electron chi connectivity index (χ0n) is 43.6. The van der Waals surface area contributed by atoms with Gasteiger partial charge in [-0.1, -0.05) is 20.3 Å². The highest BCUT2D eigenvalue weighted by atomic mass is 35.5. The fourth-order valence-corrected chi connectivity index (χ4v) is 8.78. The van der Waals surface area contributed by atoms with Gasteiger partial charge < -0.3 is 164 Å². The maximum Gasteiger partial charge on any atom is 0.0980 e. The molecule has 0 aromatic heterocycles. The Kier molecular flexibility index (Phi) is 33.3. The molecule has 6 heterocycles. The second-order valence-electron chi connectivity index (χ2n) is 18.9. The van der Waals surface area contributed by atoms with E-state index in [4.69, 9.17) is 4.74 Å². The Morgan fingerprint density at radius 2 is 0.620 bits per heavy atom. The van der Waals surface area contributed by atoms with Crippen LogP contribution >= 0.6 is 0 Å². The topological polar surface area (TPSA) is 152 Å². The van der Waals surface area contributed by atoms with Crippen molar-refractivity contribution in [3.05, 3.63) is 74.4 Å². The summed E-state index contributed by atoms with van der Waals surface area (Å²) in [6, 6.07) is 0. The fraction of sp³-hybridized carbons (Fsp3) is 0.745. The van der Waals surface area contributed by atoms with Gasteiger partial charge in [0.1, 0.15) is 0 Å². The lowest BCUT2D eigenvalue weighted by atomic mass is 10.2. The monoisotopic (exact) mass is 1120 g/mol. The minimum absolute atomic E-state index is 0. The minimum Gasteiger partial charge on any atom is -1.00 e. The van der Waals surface area contributed by atoms with E-state index in [1.807, 2.05) is 97.0 Å². The van der Waals surface area contributed by atoms with Crippen molar-refractivity contribution in [1.82, 2.24) is 58.8 Å². The molecule has 0 saturated carbocycles. The average Bonchev–Trinajstić information content (AvgIpc) is 4.12. The van der Waals surface area contributed by atoms with Crippen molar-refractivity contribution in [2.45, 2.75) is 142 Å². The molecule has 0 aromatic carbocycles. The van der Waals surface area contributed by atoms with Crippen LogP contribution in [0.2, 0.25) is 0 Å². The Morgan fingerprint density at radius 1 is 0.366 bits per heavy atom. The van der Waals surface area contributed by atoms with E-state index in [-0.39, 0.29) is 124 Å². The summed E-state index contributed by atoms with van der Waals surface area (Å²) >= 11 is 0. The Morgan fingerprint density at radius 3 is 0.901 bits per heavy atom. The molecule has 6 rings (SSSR count). The van der Waals surface area contributed by atoms with Crippen molar-refractivity contribution in [2.75, 3.05) is 86.7 Å². The number of aliphatic hydroxyl groups is 4. The molecule has 12 atom stereocenters. The molecule has 0 saturated heterocycles. The maximum atomic E-state index is 11.2. The summed E-state index contributed by atoms with van der Waals surface area (Å²) in [5.74, 6) is 0. The lowest BCUT2D eigenvalue weighted by Crippen LogP contribution is -3.00. The highest BCUT2D eigenvalue weighted by Crippen LogP contribution is 2.23. The van der Waals surface area contributed by atoms with Crippen molar-refractivity contribution >= 4 is 0 Å². The molecule has 0 fully saturated rings. The summed E-state index contributed by atoms with van der Waals surface area (Å²) in [7, 11) is 6.09. The van der Waals surface area contributed by atoms with Gasteiger partial charge in [-0.05, 0) is 48.0 Å². The second kappa shape index (κ2) is 33.5. The molecule has 0 aromatic rings. The van der Waals surface area contributed by atoms with Gasteiger partial charge in [-0.2, -0.15) is 0 Å². The molecule has 18 nitrogen and oxygen atoms in total. The Labute approximate surface area is 463 Å². The molecule has 0 radical (unpaired) electrons. The summed E-state index contributed by atoms with van der Waals surface area (Å²) in [5, 5.41) is 54.6. The average molecular weight is 1130 g/mol. The van der Waals surface area contributed by atoms with Crippen LogP contribution in [-0.4, -0.2) is 239 Å². The first kappa shape index (κ1) is 70.6. The molecule has 12 unspecified atom stereocenters. The van der Waals surface area contributed by atoms with E-state index in [0.717, 1.165) is 0 Å². The molecule has 0 aliphatic carbocycles. The molecule has 0 bridgehead atoms. The van der Waals surface area contributed by atoms with Crippen LogP contribution in [0.1, 0.15) is 68.2 Å². The van der Waals surface area contributed by atoms with Crippen molar-refractivity contribution in [3.8, 4) is 0 Å². The molecule has 0 spiro atoms. The number of aliphatic hydroxyl groups excluding tert-OH is 4. The lowest BCUT2D eigenvalue weighted by Gasteiger charge is -2.37. The molecule has 4 N–H and O–H groups in total. The van der Waals surface area contributed by atoms with Gasteiger partial charge in [-0.25, -0.2) is 0 Å². The summed E-state index contributed by atoms with van der Waals surface area (Å²) in [4.78, 5) is 25.7. The largest absolute Gasteiger partial charge is 1.00 e. The number of β-amino-alcohol motifs (C(OH)–C–C–N with tert-alkyl or cyclic N) is 4. The van der Waals surface area contributed by atoms with E-state index < -0.39 is 24.4 Å². The maximum absolute atomic E-state index is 11.2. The van der Waals surface area contributed by atoms with Gasteiger partial charge in [0.2, 0.25) is 0 Å². The van der Waals surface area contributed by atoms with Gasteiger partial charge in [0, 0.05) is 154 Å². The molecule has 24 heteroatoms. The number of hydrogen-bond acceptors (Lipinski definition) is 18. The molecule has 71 heavy (non-hydrogen) atoms. The quantitative estimate of drug-likeness (QED) is 0.0767. The number of nitrogens with zero attached hydrogens (tertiary/aromatic N) is 12. The Hall–Kier alpha value is -2.46. The van der Waals surface area contributed by atoms with Gasteiger partial charge in [-0.15, -0.1) is 6.10 Å². The van der Waals surface area contributed by atoms with E-state index in [2.05, 4.69) is 113 Å². The zero-order valence-corrected chi connectivity index (χ0v) is 48.1. The SMILES string of the molecule is CCC(O)CN1C=CN(CC(CN2C=CN(CC(O)CN3C=CN(C)C3C)C2C)OCC(O)CN2C=CN(CC(O)CN3C=CN(C)C3C)C2C)C1C.CCC([O-])CN1C=CN(C)C1C.[Cl-].[Cl-].[Cl-].[Cl-].[Cl-].[Cl-]. The van der Waals surface area contributed by atoms with Crippen LogP contribution in [0.15, 0.2) is 74.4 Å². The first-order chi connectivity index (χ1) is 30.9.